The van der Waals surface area contributed by atoms with E-state index in [2.05, 4.69) is 27.7 Å². The quantitative estimate of drug-likeness (QED) is 0.493. The lowest BCUT2D eigenvalue weighted by Gasteiger charge is -2.18. The molecule has 0 aromatic rings. The lowest BCUT2D eigenvalue weighted by Crippen LogP contribution is -2.07. The lowest BCUT2D eigenvalue weighted by atomic mass is 9.88. The summed E-state index contributed by atoms with van der Waals surface area (Å²) in [5.74, 6) is 0. The normalized spacial score (nSPS) is 36.0. The summed E-state index contributed by atoms with van der Waals surface area (Å²) in [5.41, 5.74) is 1.41. The van der Waals surface area contributed by atoms with E-state index in [1.54, 1.807) is 0 Å². The Morgan fingerprint density at radius 3 is 2.00 bits per heavy atom. The maximum absolute atomic E-state index is 2.51. The SMILES string of the molecule is CCCCCCC1(C)CC1(C)CCC. The Kier molecular flexibility index (Phi) is 4.04. The van der Waals surface area contributed by atoms with Crippen LogP contribution in [0.5, 0.6) is 0 Å². The van der Waals surface area contributed by atoms with Crippen molar-refractivity contribution < 1.29 is 0 Å². The first kappa shape index (κ1) is 12.1. The van der Waals surface area contributed by atoms with Crippen molar-refractivity contribution in [1.82, 2.24) is 0 Å². The third-order valence-electron chi connectivity index (χ3n) is 4.50. The van der Waals surface area contributed by atoms with Crippen molar-refractivity contribution in [2.24, 2.45) is 10.8 Å². The molecule has 84 valence electrons. The first-order chi connectivity index (χ1) is 6.58. The van der Waals surface area contributed by atoms with Crippen LogP contribution in [-0.2, 0) is 0 Å². The minimum Gasteiger partial charge on any atom is -0.0654 e. The van der Waals surface area contributed by atoms with E-state index in [4.69, 9.17) is 0 Å². The van der Waals surface area contributed by atoms with Crippen molar-refractivity contribution in [3.8, 4) is 0 Å². The molecule has 0 heteroatoms. The molecular formula is C14H28. The van der Waals surface area contributed by atoms with Crippen LogP contribution in [0.25, 0.3) is 0 Å². The van der Waals surface area contributed by atoms with E-state index in [0.29, 0.717) is 10.8 Å². The Morgan fingerprint density at radius 2 is 1.43 bits per heavy atom. The van der Waals surface area contributed by atoms with Gasteiger partial charge in [-0.2, -0.15) is 0 Å². The van der Waals surface area contributed by atoms with Gasteiger partial charge in [0.2, 0.25) is 0 Å². The van der Waals surface area contributed by atoms with E-state index in [1.807, 2.05) is 0 Å². The van der Waals surface area contributed by atoms with Crippen molar-refractivity contribution in [1.29, 1.82) is 0 Å². The van der Waals surface area contributed by atoms with Gasteiger partial charge < -0.3 is 0 Å². The van der Waals surface area contributed by atoms with Gasteiger partial charge in [-0.05, 0) is 30.1 Å². The zero-order valence-corrected chi connectivity index (χ0v) is 10.7. The van der Waals surface area contributed by atoms with Crippen LogP contribution in [0.2, 0.25) is 0 Å². The third-order valence-corrected chi connectivity index (χ3v) is 4.50. The molecule has 1 fully saturated rings. The molecule has 14 heavy (non-hydrogen) atoms. The molecule has 0 aromatic carbocycles. The highest BCUT2D eigenvalue weighted by atomic mass is 14.6. The van der Waals surface area contributed by atoms with E-state index in [0.717, 1.165) is 0 Å². The average Bonchev–Trinajstić information content (AvgIpc) is 2.64. The number of hydrogen-bond acceptors (Lipinski definition) is 0. The molecule has 0 amide bonds. The van der Waals surface area contributed by atoms with Crippen LogP contribution in [0, 0.1) is 10.8 Å². The molecular weight excluding hydrogens is 168 g/mol. The molecule has 2 atom stereocenters. The van der Waals surface area contributed by atoms with Gasteiger partial charge in [0.15, 0.2) is 0 Å². The molecule has 1 aliphatic rings. The molecule has 0 radical (unpaired) electrons. The van der Waals surface area contributed by atoms with Gasteiger partial charge >= 0.3 is 0 Å². The summed E-state index contributed by atoms with van der Waals surface area (Å²) >= 11 is 0. The Bertz CT molecular complexity index is 173. The molecule has 1 rings (SSSR count). The zero-order chi connectivity index (χ0) is 10.7. The standard InChI is InChI=1S/C14H28/c1-5-7-8-9-11-14(4)12-13(14,3)10-6-2/h5-12H2,1-4H3. The second-order valence-corrected chi connectivity index (χ2v) is 5.86. The van der Waals surface area contributed by atoms with E-state index in [9.17, 15) is 0 Å². The van der Waals surface area contributed by atoms with Crippen molar-refractivity contribution in [2.45, 2.75) is 79.1 Å². The summed E-state index contributed by atoms with van der Waals surface area (Å²) in [6.45, 7) is 9.62. The van der Waals surface area contributed by atoms with Crippen LogP contribution < -0.4 is 0 Å². The molecule has 0 spiro atoms. The molecule has 0 heterocycles. The summed E-state index contributed by atoms with van der Waals surface area (Å²) < 4.78 is 0. The molecule has 2 unspecified atom stereocenters. The highest BCUT2D eigenvalue weighted by Gasteiger charge is 2.58. The smallest absolute Gasteiger partial charge is 0.0266 e. The van der Waals surface area contributed by atoms with Crippen LogP contribution >= 0.6 is 0 Å². The van der Waals surface area contributed by atoms with Gasteiger partial charge in [-0.25, -0.2) is 0 Å². The van der Waals surface area contributed by atoms with Gasteiger partial charge in [-0.1, -0.05) is 59.8 Å². The van der Waals surface area contributed by atoms with E-state index in [1.165, 1.54) is 51.4 Å². The lowest BCUT2D eigenvalue weighted by molar-refractivity contribution is 0.330. The Balaban J connectivity index is 2.19. The Morgan fingerprint density at radius 1 is 0.786 bits per heavy atom. The van der Waals surface area contributed by atoms with E-state index in [-0.39, 0.29) is 0 Å². The average molecular weight is 196 g/mol. The van der Waals surface area contributed by atoms with E-state index >= 15 is 0 Å². The summed E-state index contributed by atoms with van der Waals surface area (Å²) in [6.07, 6.45) is 11.5. The van der Waals surface area contributed by atoms with E-state index < -0.39 is 0 Å². The highest BCUT2D eigenvalue weighted by Crippen LogP contribution is 2.68. The predicted octanol–water partition coefficient (Wildman–Crippen LogP) is 5.17. The first-order valence-electron chi connectivity index (χ1n) is 6.58. The van der Waals surface area contributed by atoms with Gasteiger partial charge in [0.05, 0.1) is 0 Å². The summed E-state index contributed by atoms with van der Waals surface area (Å²) in [4.78, 5) is 0. The largest absolute Gasteiger partial charge is 0.0654 e. The topological polar surface area (TPSA) is 0 Å². The third kappa shape index (κ3) is 2.52. The minimum atomic E-state index is 0.702. The van der Waals surface area contributed by atoms with Gasteiger partial charge in [0, 0.05) is 0 Å². The molecule has 0 bridgehead atoms. The van der Waals surface area contributed by atoms with Crippen LogP contribution in [0.1, 0.15) is 79.1 Å². The van der Waals surface area contributed by atoms with Crippen molar-refractivity contribution in [3.63, 3.8) is 0 Å². The van der Waals surface area contributed by atoms with Crippen molar-refractivity contribution in [3.05, 3.63) is 0 Å². The van der Waals surface area contributed by atoms with Gasteiger partial charge in [-0.3, -0.25) is 0 Å². The maximum Gasteiger partial charge on any atom is -0.0266 e. The summed E-state index contributed by atoms with van der Waals surface area (Å²) in [6, 6.07) is 0. The Labute approximate surface area is 90.5 Å². The molecule has 0 saturated heterocycles. The minimum absolute atomic E-state index is 0.702. The fraction of sp³-hybridized carbons (Fsp3) is 1.00. The molecule has 0 aromatic heterocycles. The summed E-state index contributed by atoms with van der Waals surface area (Å²) in [5, 5.41) is 0. The fourth-order valence-electron chi connectivity index (χ4n) is 3.09. The molecule has 1 saturated carbocycles. The van der Waals surface area contributed by atoms with Crippen LogP contribution in [-0.4, -0.2) is 0 Å². The van der Waals surface area contributed by atoms with Crippen molar-refractivity contribution in [2.75, 3.05) is 0 Å². The second kappa shape index (κ2) is 4.68. The molecule has 0 N–H and O–H groups in total. The van der Waals surface area contributed by atoms with Crippen molar-refractivity contribution >= 4 is 0 Å². The molecule has 0 nitrogen and oxygen atoms in total. The molecule has 1 aliphatic carbocycles. The Hall–Kier alpha value is 0. The number of unbranched alkanes of at least 4 members (excludes halogenated alkanes) is 3. The second-order valence-electron chi connectivity index (χ2n) is 5.86. The highest BCUT2D eigenvalue weighted by molar-refractivity contribution is 5.08. The predicted molar refractivity (Wildman–Crippen MR) is 64.5 cm³/mol. The fourth-order valence-corrected chi connectivity index (χ4v) is 3.09. The molecule has 0 aliphatic heterocycles. The summed E-state index contributed by atoms with van der Waals surface area (Å²) in [7, 11) is 0. The van der Waals surface area contributed by atoms with Crippen LogP contribution in [0.4, 0.5) is 0 Å². The monoisotopic (exact) mass is 196 g/mol. The zero-order valence-electron chi connectivity index (χ0n) is 10.7. The van der Waals surface area contributed by atoms with Crippen LogP contribution in [0.3, 0.4) is 0 Å². The maximum atomic E-state index is 2.51. The van der Waals surface area contributed by atoms with Gasteiger partial charge in [0.25, 0.3) is 0 Å². The van der Waals surface area contributed by atoms with Gasteiger partial charge in [0.1, 0.15) is 0 Å². The first-order valence-corrected chi connectivity index (χ1v) is 6.58. The van der Waals surface area contributed by atoms with Gasteiger partial charge in [-0.15, -0.1) is 0 Å². The van der Waals surface area contributed by atoms with Crippen LogP contribution in [0.15, 0.2) is 0 Å². The number of rotatable bonds is 7. The number of hydrogen-bond donors (Lipinski definition) is 0.